The Morgan fingerprint density at radius 1 is 0.933 bits per heavy atom. The third kappa shape index (κ3) is 5.45. The van der Waals surface area contributed by atoms with E-state index in [1.807, 2.05) is 0 Å². The van der Waals surface area contributed by atoms with Gasteiger partial charge in [-0.15, -0.1) is 0 Å². The minimum Gasteiger partial charge on any atom is -0.299 e. The highest BCUT2D eigenvalue weighted by Crippen LogP contribution is 2.10. The minimum absolute atomic E-state index is 0.217. The summed E-state index contributed by atoms with van der Waals surface area (Å²) in [4.78, 5) is 33.7. The number of hydrogen-bond donors (Lipinski definition) is 0. The van der Waals surface area contributed by atoms with Crippen LogP contribution < -0.4 is 0 Å². The highest BCUT2D eigenvalue weighted by atomic mass is 16.2. The van der Waals surface area contributed by atoms with Crippen molar-refractivity contribution in [3.8, 4) is 0 Å². The number of ketones is 3. The van der Waals surface area contributed by atoms with Crippen LogP contribution in [0.1, 0.15) is 52.9 Å². The van der Waals surface area contributed by atoms with E-state index in [9.17, 15) is 14.4 Å². The van der Waals surface area contributed by atoms with Gasteiger partial charge in [0, 0.05) is 6.42 Å². The molecule has 0 saturated carbocycles. The molecule has 15 heavy (non-hydrogen) atoms. The van der Waals surface area contributed by atoms with Crippen LogP contribution in [0.4, 0.5) is 0 Å². The Hall–Kier alpha value is -0.990. The fraction of sp³-hybridized carbons (Fsp3) is 0.750. The average Bonchev–Trinajstić information content (AvgIpc) is 2.11. The quantitative estimate of drug-likeness (QED) is 0.458. The number of carbonyl (C=O) groups excluding carboxylic acids is 3. The molecule has 0 N–H and O–H groups in total. The van der Waals surface area contributed by atoms with E-state index in [-0.39, 0.29) is 17.3 Å². The largest absolute Gasteiger partial charge is 0.299 e. The average molecular weight is 212 g/mol. The maximum Gasteiger partial charge on any atom is 0.150 e. The third-order valence-corrected chi connectivity index (χ3v) is 2.41. The van der Waals surface area contributed by atoms with Crippen LogP contribution in [0.2, 0.25) is 0 Å². The molecule has 0 aromatic carbocycles. The molecule has 0 rings (SSSR count). The summed E-state index contributed by atoms with van der Waals surface area (Å²) in [5.74, 6) is -1.89. The normalized spacial score (nSPS) is 10.4. The molecule has 86 valence electrons. The molecule has 0 aromatic rings. The van der Waals surface area contributed by atoms with Gasteiger partial charge < -0.3 is 0 Å². The molecular formula is C12H20O3. The first-order chi connectivity index (χ1) is 7.00. The molecule has 0 aliphatic rings. The Morgan fingerprint density at radius 2 is 1.47 bits per heavy atom. The molecule has 3 heteroatoms. The highest BCUT2D eigenvalue weighted by Gasteiger charge is 2.26. The van der Waals surface area contributed by atoms with Gasteiger partial charge in [0.15, 0.2) is 5.78 Å². The fourth-order valence-corrected chi connectivity index (χ4v) is 1.61. The zero-order valence-electron chi connectivity index (χ0n) is 9.84. The second-order valence-electron chi connectivity index (χ2n) is 3.93. The maximum atomic E-state index is 11.5. The van der Waals surface area contributed by atoms with Gasteiger partial charge in [-0.05, 0) is 20.3 Å². The fourth-order valence-electron chi connectivity index (χ4n) is 1.61. The number of rotatable bonds is 8. The lowest BCUT2D eigenvalue weighted by Crippen LogP contribution is -2.28. The Balaban J connectivity index is 4.05. The molecule has 0 aliphatic carbocycles. The van der Waals surface area contributed by atoms with E-state index in [1.165, 1.54) is 13.8 Å². The number of carbonyl (C=O) groups is 3. The van der Waals surface area contributed by atoms with Gasteiger partial charge in [0.25, 0.3) is 0 Å². The van der Waals surface area contributed by atoms with Crippen molar-refractivity contribution < 1.29 is 14.4 Å². The van der Waals surface area contributed by atoms with Gasteiger partial charge in [-0.2, -0.15) is 0 Å². The molecule has 0 unspecified atom stereocenters. The van der Waals surface area contributed by atoms with E-state index in [0.29, 0.717) is 6.42 Å². The highest BCUT2D eigenvalue weighted by molar-refractivity contribution is 6.18. The summed E-state index contributed by atoms with van der Waals surface area (Å²) in [6, 6.07) is 0. The molecule has 0 radical (unpaired) electrons. The predicted octanol–water partition coefficient (Wildman–Crippen LogP) is 2.32. The molecule has 0 bridgehead atoms. The van der Waals surface area contributed by atoms with Crippen LogP contribution in [0.25, 0.3) is 0 Å². The second-order valence-corrected chi connectivity index (χ2v) is 3.93. The standard InChI is InChI=1S/C12H20O3/c1-4-5-6-7-8-11(15)12(9(2)13)10(3)14/h12H,4-8H2,1-3H3. The monoisotopic (exact) mass is 212 g/mol. The van der Waals surface area contributed by atoms with E-state index < -0.39 is 5.92 Å². The molecule has 0 fully saturated rings. The topological polar surface area (TPSA) is 51.2 Å². The van der Waals surface area contributed by atoms with Gasteiger partial charge in [-0.1, -0.05) is 26.2 Å². The molecule has 0 aromatic heterocycles. The second kappa shape index (κ2) is 7.32. The lowest BCUT2D eigenvalue weighted by atomic mass is 9.92. The van der Waals surface area contributed by atoms with E-state index in [2.05, 4.69) is 6.92 Å². The molecule has 0 spiro atoms. The molecule has 3 nitrogen and oxygen atoms in total. The van der Waals surface area contributed by atoms with Crippen molar-refractivity contribution in [3.63, 3.8) is 0 Å². The Labute approximate surface area is 91.2 Å². The van der Waals surface area contributed by atoms with E-state index in [0.717, 1.165) is 25.7 Å². The first-order valence-electron chi connectivity index (χ1n) is 5.54. The Kier molecular flexibility index (Phi) is 6.84. The SMILES string of the molecule is CCCCCCC(=O)C(C(C)=O)C(C)=O. The van der Waals surface area contributed by atoms with Crippen LogP contribution in [-0.2, 0) is 14.4 Å². The number of unbranched alkanes of at least 4 members (excludes halogenated alkanes) is 3. The van der Waals surface area contributed by atoms with Crippen LogP contribution in [-0.4, -0.2) is 17.3 Å². The van der Waals surface area contributed by atoms with Crippen molar-refractivity contribution >= 4 is 17.3 Å². The zero-order valence-corrected chi connectivity index (χ0v) is 9.84. The smallest absolute Gasteiger partial charge is 0.150 e. The Bertz CT molecular complexity index is 229. The van der Waals surface area contributed by atoms with Crippen LogP contribution in [0, 0.1) is 5.92 Å². The lowest BCUT2D eigenvalue weighted by molar-refractivity contribution is -0.138. The third-order valence-electron chi connectivity index (χ3n) is 2.41. The molecule has 0 heterocycles. The van der Waals surface area contributed by atoms with Crippen molar-refractivity contribution in [2.45, 2.75) is 52.9 Å². The summed E-state index contributed by atoms with van der Waals surface area (Å²) < 4.78 is 0. The summed E-state index contributed by atoms with van der Waals surface area (Å²) in [6.07, 6.45) is 4.33. The molecule has 0 amide bonds. The number of Topliss-reactive ketones (excluding diaryl/α,β-unsaturated/α-hetero) is 3. The van der Waals surface area contributed by atoms with Crippen molar-refractivity contribution in [2.75, 3.05) is 0 Å². The summed E-state index contributed by atoms with van der Waals surface area (Å²) in [5, 5.41) is 0. The molecule has 0 saturated heterocycles. The van der Waals surface area contributed by atoms with Crippen LogP contribution >= 0.6 is 0 Å². The summed E-state index contributed by atoms with van der Waals surface area (Å²) in [7, 11) is 0. The van der Waals surface area contributed by atoms with Crippen molar-refractivity contribution in [3.05, 3.63) is 0 Å². The van der Waals surface area contributed by atoms with Gasteiger partial charge >= 0.3 is 0 Å². The molecule has 0 atom stereocenters. The van der Waals surface area contributed by atoms with Crippen molar-refractivity contribution in [1.82, 2.24) is 0 Å². The first kappa shape index (κ1) is 14.0. The predicted molar refractivity (Wildman–Crippen MR) is 58.6 cm³/mol. The van der Waals surface area contributed by atoms with Crippen molar-refractivity contribution in [2.24, 2.45) is 5.92 Å². The molecule has 0 aliphatic heterocycles. The van der Waals surface area contributed by atoms with Gasteiger partial charge in [0.1, 0.15) is 17.5 Å². The summed E-state index contributed by atoms with van der Waals surface area (Å²) in [5.41, 5.74) is 0. The number of hydrogen-bond acceptors (Lipinski definition) is 3. The first-order valence-corrected chi connectivity index (χ1v) is 5.54. The van der Waals surface area contributed by atoms with Crippen LogP contribution in [0.5, 0.6) is 0 Å². The molecular weight excluding hydrogens is 192 g/mol. The van der Waals surface area contributed by atoms with E-state index in [4.69, 9.17) is 0 Å². The van der Waals surface area contributed by atoms with Gasteiger partial charge in [0.2, 0.25) is 0 Å². The van der Waals surface area contributed by atoms with E-state index in [1.54, 1.807) is 0 Å². The van der Waals surface area contributed by atoms with Gasteiger partial charge in [0.05, 0.1) is 0 Å². The lowest BCUT2D eigenvalue weighted by Gasteiger charge is -2.08. The maximum absolute atomic E-state index is 11.5. The van der Waals surface area contributed by atoms with Gasteiger partial charge in [-0.25, -0.2) is 0 Å². The Morgan fingerprint density at radius 3 is 1.87 bits per heavy atom. The summed E-state index contributed by atoms with van der Waals surface area (Å²) >= 11 is 0. The summed E-state index contributed by atoms with van der Waals surface area (Å²) in [6.45, 7) is 4.70. The van der Waals surface area contributed by atoms with E-state index >= 15 is 0 Å². The minimum atomic E-state index is -1.01. The van der Waals surface area contributed by atoms with Crippen molar-refractivity contribution in [1.29, 1.82) is 0 Å². The zero-order chi connectivity index (χ0) is 11.8. The van der Waals surface area contributed by atoms with Crippen LogP contribution in [0.3, 0.4) is 0 Å². The van der Waals surface area contributed by atoms with Gasteiger partial charge in [-0.3, -0.25) is 14.4 Å². The van der Waals surface area contributed by atoms with Crippen LogP contribution in [0.15, 0.2) is 0 Å².